The van der Waals surface area contributed by atoms with Gasteiger partial charge in [-0.3, -0.25) is 0 Å². The molecule has 0 atom stereocenters. The van der Waals surface area contributed by atoms with E-state index in [0.29, 0.717) is 0 Å². The lowest BCUT2D eigenvalue weighted by atomic mass is 10.4. The molecular weight excluding hydrogens is 170 g/mol. The molecule has 2 nitrogen and oxygen atoms in total. The highest BCUT2D eigenvalue weighted by atomic mass is 32.1. The quantitative estimate of drug-likeness (QED) is 0.757. The van der Waals surface area contributed by atoms with E-state index in [-0.39, 0.29) is 0 Å². The van der Waals surface area contributed by atoms with Crippen LogP contribution in [-0.2, 0) is 17.9 Å². The molecule has 1 heterocycles. The molecule has 0 spiro atoms. The van der Waals surface area contributed by atoms with Gasteiger partial charge in [-0.1, -0.05) is 0 Å². The van der Waals surface area contributed by atoms with Crippen molar-refractivity contribution in [2.75, 3.05) is 13.7 Å². The predicted octanol–water partition coefficient (Wildman–Crippen LogP) is 2.00. The SMILES string of the molecule is CCOCc1ccc(CNC)s1. The van der Waals surface area contributed by atoms with E-state index in [2.05, 4.69) is 17.4 Å². The molecule has 0 saturated heterocycles. The molecule has 0 amide bonds. The minimum atomic E-state index is 0.755. The van der Waals surface area contributed by atoms with Gasteiger partial charge in [0.05, 0.1) is 6.61 Å². The Balaban J connectivity index is 2.41. The Morgan fingerprint density at radius 2 is 2.17 bits per heavy atom. The zero-order valence-corrected chi connectivity index (χ0v) is 8.41. The van der Waals surface area contributed by atoms with Crippen molar-refractivity contribution in [1.82, 2.24) is 5.32 Å². The number of hydrogen-bond acceptors (Lipinski definition) is 3. The van der Waals surface area contributed by atoms with Gasteiger partial charge in [0.15, 0.2) is 0 Å². The minimum Gasteiger partial charge on any atom is -0.376 e. The first-order valence-electron chi connectivity index (χ1n) is 4.16. The number of ether oxygens (including phenoxy) is 1. The first-order valence-corrected chi connectivity index (χ1v) is 4.98. The van der Waals surface area contributed by atoms with E-state index in [1.165, 1.54) is 9.75 Å². The van der Waals surface area contributed by atoms with Crippen LogP contribution in [0, 0.1) is 0 Å². The van der Waals surface area contributed by atoms with Gasteiger partial charge in [-0.05, 0) is 26.1 Å². The third kappa shape index (κ3) is 2.93. The van der Waals surface area contributed by atoms with Crippen molar-refractivity contribution in [3.05, 3.63) is 21.9 Å². The van der Waals surface area contributed by atoms with Crippen LogP contribution in [0.3, 0.4) is 0 Å². The summed E-state index contributed by atoms with van der Waals surface area (Å²) in [5, 5.41) is 3.12. The van der Waals surface area contributed by atoms with Gasteiger partial charge in [-0.2, -0.15) is 0 Å². The maximum atomic E-state index is 5.30. The predicted molar refractivity (Wildman–Crippen MR) is 52.4 cm³/mol. The summed E-state index contributed by atoms with van der Waals surface area (Å²) in [6.45, 7) is 4.52. The van der Waals surface area contributed by atoms with Gasteiger partial charge in [0.2, 0.25) is 0 Å². The van der Waals surface area contributed by atoms with E-state index in [0.717, 1.165) is 19.8 Å². The Morgan fingerprint density at radius 1 is 1.42 bits per heavy atom. The Hall–Kier alpha value is -0.380. The average Bonchev–Trinajstić information content (AvgIpc) is 2.50. The van der Waals surface area contributed by atoms with Crippen LogP contribution in [0.4, 0.5) is 0 Å². The molecule has 1 N–H and O–H groups in total. The van der Waals surface area contributed by atoms with Gasteiger partial charge in [-0.15, -0.1) is 11.3 Å². The van der Waals surface area contributed by atoms with Crippen LogP contribution in [0.5, 0.6) is 0 Å². The lowest BCUT2D eigenvalue weighted by molar-refractivity contribution is 0.136. The molecule has 0 saturated carbocycles. The van der Waals surface area contributed by atoms with E-state index in [1.54, 1.807) is 0 Å². The van der Waals surface area contributed by atoms with Gasteiger partial charge < -0.3 is 10.1 Å². The molecule has 0 aliphatic carbocycles. The monoisotopic (exact) mass is 185 g/mol. The minimum absolute atomic E-state index is 0.755. The van der Waals surface area contributed by atoms with Crippen molar-refractivity contribution in [2.45, 2.75) is 20.1 Å². The fraction of sp³-hybridized carbons (Fsp3) is 0.556. The van der Waals surface area contributed by atoms with Gasteiger partial charge in [0.1, 0.15) is 0 Å². The molecule has 0 unspecified atom stereocenters. The fourth-order valence-electron chi connectivity index (χ4n) is 0.972. The Labute approximate surface area is 77.6 Å². The summed E-state index contributed by atoms with van der Waals surface area (Å²) in [6.07, 6.45) is 0. The topological polar surface area (TPSA) is 21.3 Å². The van der Waals surface area contributed by atoms with Crippen molar-refractivity contribution in [3.63, 3.8) is 0 Å². The molecule has 12 heavy (non-hydrogen) atoms. The highest BCUT2D eigenvalue weighted by Crippen LogP contribution is 2.16. The molecule has 0 radical (unpaired) electrons. The molecule has 1 aromatic rings. The van der Waals surface area contributed by atoms with Crippen LogP contribution in [0.15, 0.2) is 12.1 Å². The molecule has 1 aromatic heterocycles. The molecule has 3 heteroatoms. The first kappa shape index (κ1) is 9.71. The molecule has 0 bridgehead atoms. The summed E-state index contributed by atoms with van der Waals surface area (Å²) in [6, 6.07) is 4.28. The molecule has 0 aliphatic heterocycles. The number of rotatable bonds is 5. The maximum Gasteiger partial charge on any atom is 0.0809 e. The maximum absolute atomic E-state index is 5.30. The second kappa shape index (κ2) is 5.30. The summed E-state index contributed by atoms with van der Waals surface area (Å²) in [5.74, 6) is 0. The Morgan fingerprint density at radius 3 is 2.83 bits per heavy atom. The Bertz CT molecular complexity index is 222. The van der Waals surface area contributed by atoms with Crippen molar-refractivity contribution < 1.29 is 4.74 Å². The largest absolute Gasteiger partial charge is 0.376 e. The van der Waals surface area contributed by atoms with Crippen molar-refractivity contribution >= 4 is 11.3 Å². The summed E-state index contributed by atoms with van der Waals surface area (Å²) < 4.78 is 5.30. The molecule has 1 rings (SSSR count). The third-order valence-corrected chi connectivity index (χ3v) is 2.58. The summed E-state index contributed by atoms with van der Waals surface area (Å²) in [7, 11) is 1.96. The molecular formula is C9H15NOS. The molecule has 0 aromatic carbocycles. The highest BCUT2D eigenvalue weighted by Gasteiger charge is 1.98. The van der Waals surface area contributed by atoms with Crippen LogP contribution in [0.2, 0.25) is 0 Å². The van der Waals surface area contributed by atoms with E-state index in [9.17, 15) is 0 Å². The molecule has 0 fully saturated rings. The van der Waals surface area contributed by atoms with Crippen LogP contribution >= 0.6 is 11.3 Å². The van der Waals surface area contributed by atoms with Gasteiger partial charge >= 0.3 is 0 Å². The zero-order chi connectivity index (χ0) is 8.81. The van der Waals surface area contributed by atoms with Crippen LogP contribution in [-0.4, -0.2) is 13.7 Å². The zero-order valence-electron chi connectivity index (χ0n) is 7.59. The number of nitrogens with one attached hydrogen (secondary N) is 1. The second-order valence-electron chi connectivity index (χ2n) is 2.54. The number of hydrogen-bond donors (Lipinski definition) is 1. The summed E-state index contributed by atoms with van der Waals surface area (Å²) >= 11 is 1.81. The van der Waals surface area contributed by atoms with E-state index in [1.807, 2.05) is 25.3 Å². The molecule has 68 valence electrons. The van der Waals surface area contributed by atoms with Gasteiger partial charge in [-0.25, -0.2) is 0 Å². The van der Waals surface area contributed by atoms with Crippen molar-refractivity contribution in [2.24, 2.45) is 0 Å². The standard InChI is InChI=1S/C9H15NOS/c1-3-11-7-9-5-4-8(12-9)6-10-2/h4-5,10H,3,6-7H2,1-2H3. The third-order valence-electron chi connectivity index (χ3n) is 1.52. The van der Waals surface area contributed by atoms with Gasteiger partial charge in [0.25, 0.3) is 0 Å². The van der Waals surface area contributed by atoms with Crippen molar-refractivity contribution in [1.29, 1.82) is 0 Å². The second-order valence-corrected chi connectivity index (χ2v) is 3.79. The normalized spacial score (nSPS) is 10.5. The Kier molecular flexibility index (Phi) is 4.29. The summed E-state index contributed by atoms with van der Waals surface area (Å²) in [5.41, 5.74) is 0. The fourth-order valence-corrected chi connectivity index (χ4v) is 1.94. The van der Waals surface area contributed by atoms with Gasteiger partial charge in [0, 0.05) is 22.9 Å². The van der Waals surface area contributed by atoms with E-state index >= 15 is 0 Å². The van der Waals surface area contributed by atoms with Crippen molar-refractivity contribution in [3.8, 4) is 0 Å². The smallest absolute Gasteiger partial charge is 0.0809 e. The van der Waals surface area contributed by atoms with E-state index < -0.39 is 0 Å². The van der Waals surface area contributed by atoms with Crippen LogP contribution in [0.25, 0.3) is 0 Å². The lowest BCUT2D eigenvalue weighted by Crippen LogP contribution is -2.02. The average molecular weight is 185 g/mol. The highest BCUT2D eigenvalue weighted by molar-refractivity contribution is 7.11. The number of thiophene rings is 1. The van der Waals surface area contributed by atoms with Crippen LogP contribution < -0.4 is 5.32 Å². The molecule has 0 aliphatic rings. The van der Waals surface area contributed by atoms with E-state index in [4.69, 9.17) is 4.74 Å². The lowest BCUT2D eigenvalue weighted by Gasteiger charge is -1.96. The van der Waals surface area contributed by atoms with Crippen LogP contribution in [0.1, 0.15) is 16.7 Å². The first-order chi connectivity index (χ1) is 5.86. The summed E-state index contributed by atoms with van der Waals surface area (Å²) in [4.78, 5) is 2.68.